The van der Waals surface area contributed by atoms with Gasteiger partial charge >= 0.3 is 5.97 Å². The number of fused-ring (bicyclic) bond motifs is 1. The van der Waals surface area contributed by atoms with Crippen molar-refractivity contribution in [2.75, 3.05) is 24.2 Å². The second kappa shape index (κ2) is 12.4. The first kappa shape index (κ1) is 28.3. The fourth-order valence-corrected chi connectivity index (χ4v) is 6.84. The number of unbranched alkanes of at least 4 members (excludes halogenated alkanes) is 1. The molecular weight excluding hydrogens is 550 g/mol. The molecule has 2 aromatic heterocycles. The van der Waals surface area contributed by atoms with Gasteiger partial charge in [0.1, 0.15) is 34.9 Å². The number of aliphatic carboxylic acids is 1. The van der Waals surface area contributed by atoms with Crippen LogP contribution in [0.2, 0.25) is 0 Å². The maximum atomic E-state index is 13.3. The number of oxime groups is 1. The van der Waals surface area contributed by atoms with E-state index in [4.69, 9.17) is 4.84 Å². The SMILES string of the molecule is CCCCON=C(C(=O)NC1C(=O)N2CC(C(=O)O)(C(C)Sc3nnn[nH]3)CS[C@H]12)c1cccc(NC=O)n1. The summed E-state index contributed by atoms with van der Waals surface area (Å²) in [4.78, 5) is 60.6. The first-order chi connectivity index (χ1) is 18.8. The highest BCUT2D eigenvalue weighted by molar-refractivity contribution is 8.01. The maximum Gasteiger partial charge on any atom is 0.313 e. The molecule has 0 saturated carbocycles. The maximum absolute atomic E-state index is 13.3. The lowest BCUT2D eigenvalue weighted by Gasteiger charge is -2.54. The number of hydrogen-bond donors (Lipinski definition) is 4. The number of amides is 3. The Labute approximate surface area is 231 Å². The Morgan fingerprint density at radius 3 is 2.97 bits per heavy atom. The van der Waals surface area contributed by atoms with Crippen LogP contribution in [0.15, 0.2) is 28.5 Å². The minimum atomic E-state index is -1.25. The van der Waals surface area contributed by atoms with Crippen LogP contribution in [0.4, 0.5) is 5.82 Å². The van der Waals surface area contributed by atoms with Crippen LogP contribution in [0.3, 0.4) is 0 Å². The number of nitrogens with zero attached hydrogens (tertiary/aromatic N) is 6. The van der Waals surface area contributed by atoms with E-state index in [2.05, 4.69) is 41.4 Å². The van der Waals surface area contributed by atoms with Crippen LogP contribution in [0.5, 0.6) is 0 Å². The molecule has 0 aromatic carbocycles. The summed E-state index contributed by atoms with van der Waals surface area (Å²) in [6.45, 7) is 4.00. The average molecular weight is 578 g/mol. The Balaban J connectivity index is 1.47. The van der Waals surface area contributed by atoms with Gasteiger partial charge in [0.25, 0.3) is 5.91 Å². The summed E-state index contributed by atoms with van der Waals surface area (Å²) in [5, 5.41) is 32.1. The minimum Gasteiger partial charge on any atom is -0.481 e. The summed E-state index contributed by atoms with van der Waals surface area (Å²) in [6, 6.07) is 3.79. The predicted octanol–water partition coefficient (Wildman–Crippen LogP) is 0.336. The molecule has 39 heavy (non-hydrogen) atoms. The van der Waals surface area contributed by atoms with Gasteiger partial charge in [-0.05, 0) is 29.0 Å². The zero-order chi connectivity index (χ0) is 28.0. The van der Waals surface area contributed by atoms with Crippen LogP contribution >= 0.6 is 23.5 Å². The molecule has 2 aliphatic rings. The number of pyridine rings is 1. The van der Waals surface area contributed by atoms with Crippen molar-refractivity contribution in [3.05, 3.63) is 23.9 Å². The van der Waals surface area contributed by atoms with E-state index in [9.17, 15) is 24.3 Å². The molecule has 208 valence electrons. The summed E-state index contributed by atoms with van der Waals surface area (Å²) in [6.07, 6.45) is 2.05. The number of aromatic amines is 1. The molecule has 2 aromatic rings. The van der Waals surface area contributed by atoms with E-state index in [1.165, 1.54) is 34.5 Å². The molecule has 3 unspecified atom stereocenters. The molecular formula is C22H27N9O6S2. The van der Waals surface area contributed by atoms with Crippen molar-refractivity contribution in [3.8, 4) is 0 Å². The molecule has 17 heteroatoms. The molecule has 0 bridgehead atoms. The Morgan fingerprint density at radius 1 is 1.46 bits per heavy atom. The Kier molecular flexibility index (Phi) is 9.01. The molecule has 0 aliphatic carbocycles. The van der Waals surface area contributed by atoms with Crippen molar-refractivity contribution >= 4 is 59.2 Å². The average Bonchev–Trinajstić information content (AvgIpc) is 3.44. The third-order valence-electron chi connectivity index (χ3n) is 6.37. The van der Waals surface area contributed by atoms with E-state index in [0.717, 1.165) is 12.8 Å². The summed E-state index contributed by atoms with van der Waals surface area (Å²) in [7, 11) is 0. The second-order valence-electron chi connectivity index (χ2n) is 8.84. The van der Waals surface area contributed by atoms with Gasteiger partial charge in [0.05, 0.1) is 0 Å². The Hall–Kier alpha value is -3.73. The van der Waals surface area contributed by atoms with E-state index in [1.54, 1.807) is 19.1 Å². The van der Waals surface area contributed by atoms with Crippen molar-refractivity contribution in [3.63, 3.8) is 0 Å². The van der Waals surface area contributed by atoms with Gasteiger partial charge in [0.2, 0.25) is 17.5 Å². The molecule has 0 radical (unpaired) electrons. The minimum absolute atomic E-state index is 0.0248. The molecule has 15 nitrogen and oxygen atoms in total. The van der Waals surface area contributed by atoms with E-state index in [-0.39, 0.29) is 36.1 Å². The predicted molar refractivity (Wildman–Crippen MR) is 141 cm³/mol. The molecule has 4 N–H and O–H groups in total. The highest BCUT2D eigenvalue weighted by atomic mass is 32.2. The number of anilines is 1. The number of carbonyl (C=O) groups excluding carboxylic acids is 3. The van der Waals surface area contributed by atoms with E-state index in [0.29, 0.717) is 11.6 Å². The highest BCUT2D eigenvalue weighted by Crippen LogP contribution is 2.47. The largest absolute Gasteiger partial charge is 0.481 e. The summed E-state index contributed by atoms with van der Waals surface area (Å²) >= 11 is 2.47. The van der Waals surface area contributed by atoms with E-state index >= 15 is 0 Å². The van der Waals surface area contributed by atoms with Crippen molar-refractivity contribution in [2.45, 2.75) is 48.5 Å². The van der Waals surface area contributed by atoms with Crippen LogP contribution < -0.4 is 10.6 Å². The van der Waals surface area contributed by atoms with Crippen LogP contribution in [0, 0.1) is 5.41 Å². The van der Waals surface area contributed by atoms with Gasteiger partial charge in [-0.2, -0.15) is 0 Å². The summed E-state index contributed by atoms with van der Waals surface area (Å²) in [5.41, 5.74) is -1.26. The lowest BCUT2D eigenvalue weighted by molar-refractivity contribution is -0.158. The van der Waals surface area contributed by atoms with Crippen molar-refractivity contribution < 1.29 is 29.1 Å². The number of aromatic nitrogens is 5. The van der Waals surface area contributed by atoms with Gasteiger partial charge in [0, 0.05) is 17.5 Å². The number of hydrogen-bond acceptors (Lipinski definition) is 12. The number of β-lactam (4-membered cyclic amide) rings is 1. The molecule has 0 spiro atoms. The number of nitrogens with one attached hydrogen (secondary N) is 3. The molecule has 4 rings (SSSR count). The molecule has 4 atom stereocenters. The quantitative estimate of drug-likeness (QED) is 0.0635. The highest BCUT2D eigenvalue weighted by Gasteiger charge is 2.59. The third kappa shape index (κ3) is 5.98. The first-order valence-corrected chi connectivity index (χ1v) is 14.0. The van der Waals surface area contributed by atoms with Crippen LogP contribution in [-0.2, 0) is 24.0 Å². The van der Waals surface area contributed by atoms with Gasteiger partial charge in [-0.15, -0.1) is 16.9 Å². The van der Waals surface area contributed by atoms with Gasteiger partial charge in [0.15, 0.2) is 5.71 Å². The molecule has 3 amide bonds. The van der Waals surface area contributed by atoms with Crippen molar-refractivity contribution in [1.29, 1.82) is 0 Å². The Bertz CT molecular complexity index is 1250. The number of H-pyrrole nitrogens is 1. The smallest absolute Gasteiger partial charge is 0.313 e. The summed E-state index contributed by atoms with van der Waals surface area (Å²) < 4.78 is 0. The fraction of sp³-hybridized carbons (Fsp3) is 0.500. The molecule has 4 heterocycles. The lowest BCUT2D eigenvalue weighted by Crippen LogP contribution is -2.74. The fourth-order valence-electron chi connectivity index (χ4n) is 4.07. The molecule has 2 saturated heterocycles. The van der Waals surface area contributed by atoms with Gasteiger partial charge < -0.3 is 25.5 Å². The third-order valence-corrected chi connectivity index (χ3v) is 9.12. The topological polar surface area (TPSA) is 205 Å². The lowest BCUT2D eigenvalue weighted by atomic mass is 9.84. The summed E-state index contributed by atoms with van der Waals surface area (Å²) in [5.74, 6) is -1.70. The number of carboxylic acids is 1. The number of carboxylic acid groups (broad SMARTS) is 1. The van der Waals surface area contributed by atoms with Crippen molar-refractivity contribution in [2.24, 2.45) is 10.6 Å². The number of tetrazole rings is 1. The number of rotatable bonds is 13. The molecule has 2 fully saturated rings. The van der Waals surface area contributed by atoms with Gasteiger partial charge in [-0.1, -0.05) is 43.3 Å². The van der Waals surface area contributed by atoms with Gasteiger partial charge in [-0.25, -0.2) is 10.1 Å². The van der Waals surface area contributed by atoms with Crippen LogP contribution in [0.1, 0.15) is 32.4 Å². The number of carbonyl (C=O) groups is 4. The van der Waals surface area contributed by atoms with E-state index < -0.39 is 39.9 Å². The van der Waals surface area contributed by atoms with Gasteiger partial charge in [-0.3, -0.25) is 19.2 Å². The monoisotopic (exact) mass is 577 g/mol. The second-order valence-corrected chi connectivity index (χ2v) is 11.3. The normalized spacial score (nSPS) is 23.3. The van der Waals surface area contributed by atoms with E-state index in [1.807, 2.05) is 6.92 Å². The van der Waals surface area contributed by atoms with Crippen LogP contribution in [0.25, 0.3) is 0 Å². The van der Waals surface area contributed by atoms with Crippen LogP contribution in [-0.4, -0.2) is 101 Å². The first-order valence-electron chi connectivity index (χ1n) is 12.0. The standard InChI is InChI=1S/C22H27N9O6S2/c1-3-4-8-37-28-15(13-6-5-7-14(24-13)23-11-32)17(33)25-16-18(34)31-9-22(20(35)36,10-38-19(16)31)12(2)39-21-26-29-30-27-21/h5-7,11-12,16,19H,3-4,8-10H2,1-2H3,(H,25,33)(H,35,36)(H,23,24,32)(H,26,27,29,30)/t12?,16?,19-,22?/m1/s1. The molecule has 2 aliphatic heterocycles. The number of thioether (sulfide) groups is 2. The zero-order valence-corrected chi connectivity index (χ0v) is 22.7. The zero-order valence-electron chi connectivity index (χ0n) is 21.1. The Morgan fingerprint density at radius 2 is 2.28 bits per heavy atom. The van der Waals surface area contributed by atoms with Crippen molar-refractivity contribution in [1.82, 2.24) is 35.8 Å².